The molecule has 0 fully saturated rings. The molecule has 0 aliphatic carbocycles. The standard InChI is InChI=1S/C11H26Si/c1-4-6-7-8-9-12-10-11(3)5-2/h11H,4-10,12H2,1-3H3. The Morgan fingerprint density at radius 1 is 1.08 bits per heavy atom. The maximum atomic E-state index is 2.40. The van der Waals surface area contributed by atoms with Gasteiger partial charge in [-0.15, -0.1) is 0 Å². The van der Waals surface area contributed by atoms with Gasteiger partial charge in [-0.05, 0) is 5.92 Å². The molecule has 1 heteroatoms. The Morgan fingerprint density at radius 2 is 1.83 bits per heavy atom. The summed E-state index contributed by atoms with van der Waals surface area (Å²) in [5.74, 6) is 1.02. The molecule has 0 aromatic carbocycles. The molecule has 1 unspecified atom stereocenters. The van der Waals surface area contributed by atoms with Gasteiger partial charge in [-0.25, -0.2) is 0 Å². The van der Waals surface area contributed by atoms with Gasteiger partial charge in [0, 0.05) is 9.52 Å². The van der Waals surface area contributed by atoms with Crippen molar-refractivity contribution < 1.29 is 0 Å². The van der Waals surface area contributed by atoms with E-state index in [1.165, 1.54) is 32.1 Å². The van der Waals surface area contributed by atoms with Crippen molar-refractivity contribution in [3.05, 3.63) is 0 Å². The van der Waals surface area contributed by atoms with Crippen LogP contribution in [-0.2, 0) is 0 Å². The molecular formula is C11H26Si. The smallest absolute Gasteiger partial charge is 0.0200 e. The van der Waals surface area contributed by atoms with Crippen LogP contribution in [0.3, 0.4) is 0 Å². The fraction of sp³-hybridized carbons (Fsp3) is 1.00. The van der Waals surface area contributed by atoms with Crippen molar-refractivity contribution in [1.82, 2.24) is 0 Å². The molecule has 1 atom stereocenters. The maximum absolute atomic E-state index is 2.40. The summed E-state index contributed by atoms with van der Waals surface area (Å²) < 4.78 is 0. The highest BCUT2D eigenvalue weighted by molar-refractivity contribution is 6.35. The van der Waals surface area contributed by atoms with E-state index in [1.54, 1.807) is 12.1 Å². The Bertz CT molecular complexity index is 81.1. The lowest BCUT2D eigenvalue weighted by atomic mass is 10.2. The summed E-state index contributed by atoms with van der Waals surface area (Å²) in [4.78, 5) is 0. The van der Waals surface area contributed by atoms with Crippen molar-refractivity contribution in [2.75, 3.05) is 0 Å². The van der Waals surface area contributed by atoms with E-state index in [-0.39, 0.29) is 0 Å². The van der Waals surface area contributed by atoms with Crippen LogP contribution in [0.25, 0.3) is 0 Å². The molecule has 0 amide bonds. The molecule has 0 bridgehead atoms. The van der Waals surface area contributed by atoms with Crippen LogP contribution >= 0.6 is 0 Å². The minimum absolute atomic E-state index is 0.325. The van der Waals surface area contributed by atoms with Crippen molar-refractivity contribution in [2.45, 2.75) is 65.0 Å². The molecule has 0 aromatic heterocycles. The molecule has 74 valence electrons. The van der Waals surface area contributed by atoms with Gasteiger partial charge in [0.05, 0.1) is 0 Å². The summed E-state index contributed by atoms with van der Waals surface area (Å²) in [6.45, 7) is 7.01. The summed E-state index contributed by atoms with van der Waals surface area (Å²) in [6, 6.07) is 3.19. The molecule has 0 heterocycles. The molecule has 0 N–H and O–H groups in total. The number of hydrogen-bond acceptors (Lipinski definition) is 0. The lowest BCUT2D eigenvalue weighted by Crippen LogP contribution is -1.98. The minimum atomic E-state index is 0.325. The predicted octanol–water partition coefficient (Wildman–Crippen LogP) is 3.62. The number of unbranched alkanes of at least 4 members (excludes halogenated alkanes) is 3. The van der Waals surface area contributed by atoms with Crippen LogP contribution in [0.2, 0.25) is 12.1 Å². The minimum Gasteiger partial charge on any atom is -0.0654 e. The van der Waals surface area contributed by atoms with E-state index >= 15 is 0 Å². The van der Waals surface area contributed by atoms with Crippen molar-refractivity contribution in [1.29, 1.82) is 0 Å². The Labute approximate surface area is 81.0 Å². The summed E-state index contributed by atoms with van der Waals surface area (Å²) in [7, 11) is 0.325. The summed E-state index contributed by atoms with van der Waals surface area (Å²) in [5.41, 5.74) is 0. The van der Waals surface area contributed by atoms with E-state index in [0.29, 0.717) is 9.52 Å². The molecule has 0 aliphatic rings. The van der Waals surface area contributed by atoms with Crippen molar-refractivity contribution in [2.24, 2.45) is 5.92 Å². The normalized spacial score (nSPS) is 14.2. The first kappa shape index (κ1) is 12.2. The van der Waals surface area contributed by atoms with E-state index in [1.807, 2.05) is 0 Å². The van der Waals surface area contributed by atoms with Crippen LogP contribution in [0.15, 0.2) is 0 Å². The highest BCUT2D eigenvalue weighted by Crippen LogP contribution is 2.09. The highest BCUT2D eigenvalue weighted by atomic mass is 28.2. The lowest BCUT2D eigenvalue weighted by Gasteiger charge is -2.06. The first-order valence-corrected chi connectivity index (χ1v) is 7.81. The average molecular weight is 186 g/mol. The van der Waals surface area contributed by atoms with Crippen LogP contribution in [0.5, 0.6) is 0 Å². The fourth-order valence-corrected chi connectivity index (χ4v) is 3.58. The van der Waals surface area contributed by atoms with E-state index in [0.717, 1.165) is 5.92 Å². The molecule has 12 heavy (non-hydrogen) atoms. The van der Waals surface area contributed by atoms with Crippen LogP contribution in [0, 0.1) is 5.92 Å². The average Bonchev–Trinajstić information content (AvgIpc) is 2.10. The second-order valence-electron chi connectivity index (χ2n) is 4.07. The van der Waals surface area contributed by atoms with Gasteiger partial charge in [0.2, 0.25) is 0 Å². The zero-order valence-corrected chi connectivity index (χ0v) is 10.6. The SMILES string of the molecule is CCCCCC[SiH2]CC(C)CC. The van der Waals surface area contributed by atoms with Crippen molar-refractivity contribution in [3.8, 4) is 0 Å². The molecule has 0 saturated carbocycles. The van der Waals surface area contributed by atoms with Gasteiger partial charge in [0.15, 0.2) is 0 Å². The lowest BCUT2D eigenvalue weighted by molar-refractivity contribution is 0.619. The Morgan fingerprint density at radius 3 is 2.42 bits per heavy atom. The Hall–Kier alpha value is 0.217. The number of rotatable bonds is 8. The zero-order chi connectivity index (χ0) is 9.23. The molecule has 0 aromatic rings. The van der Waals surface area contributed by atoms with Gasteiger partial charge >= 0.3 is 0 Å². The third kappa shape index (κ3) is 8.31. The van der Waals surface area contributed by atoms with Gasteiger partial charge in [0.1, 0.15) is 0 Å². The van der Waals surface area contributed by atoms with Crippen LogP contribution in [0.4, 0.5) is 0 Å². The maximum Gasteiger partial charge on any atom is 0.0200 e. The molecule has 0 aliphatic heterocycles. The first-order valence-electron chi connectivity index (χ1n) is 5.81. The topological polar surface area (TPSA) is 0 Å². The molecule has 0 radical (unpaired) electrons. The highest BCUT2D eigenvalue weighted by Gasteiger charge is 1.98. The van der Waals surface area contributed by atoms with Crippen molar-refractivity contribution in [3.63, 3.8) is 0 Å². The van der Waals surface area contributed by atoms with Crippen molar-refractivity contribution >= 4 is 9.52 Å². The molecule has 0 rings (SSSR count). The number of hydrogen-bond donors (Lipinski definition) is 0. The monoisotopic (exact) mass is 186 g/mol. The van der Waals surface area contributed by atoms with E-state index in [2.05, 4.69) is 20.8 Å². The quantitative estimate of drug-likeness (QED) is 0.401. The van der Waals surface area contributed by atoms with Gasteiger partial charge < -0.3 is 0 Å². The molecule has 0 spiro atoms. The van der Waals surface area contributed by atoms with Gasteiger partial charge in [-0.3, -0.25) is 0 Å². The first-order chi connectivity index (χ1) is 5.81. The van der Waals surface area contributed by atoms with E-state index in [9.17, 15) is 0 Å². The largest absolute Gasteiger partial charge is 0.0654 e. The molecular weight excluding hydrogens is 160 g/mol. The molecule has 0 nitrogen and oxygen atoms in total. The second kappa shape index (κ2) is 9.31. The second-order valence-corrected chi connectivity index (χ2v) is 6.06. The molecule has 0 saturated heterocycles. The predicted molar refractivity (Wildman–Crippen MR) is 61.8 cm³/mol. The van der Waals surface area contributed by atoms with Gasteiger partial charge in [0.25, 0.3) is 0 Å². The van der Waals surface area contributed by atoms with Crippen LogP contribution in [0.1, 0.15) is 52.9 Å². The Balaban J connectivity index is 2.90. The Kier molecular flexibility index (Phi) is 9.47. The third-order valence-electron chi connectivity index (χ3n) is 2.75. The van der Waals surface area contributed by atoms with E-state index in [4.69, 9.17) is 0 Å². The van der Waals surface area contributed by atoms with E-state index < -0.39 is 0 Å². The van der Waals surface area contributed by atoms with Crippen LogP contribution < -0.4 is 0 Å². The third-order valence-corrected chi connectivity index (χ3v) is 5.14. The summed E-state index contributed by atoms with van der Waals surface area (Å²) in [6.07, 6.45) is 7.24. The van der Waals surface area contributed by atoms with Gasteiger partial charge in [-0.2, -0.15) is 0 Å². The fourth-order valence-electron chi connectivity index (χ4n) is 1.48. The zero-order valence-electron chi connectivity index (χ0n) is 9.23. The summed E-state index contributed by atoms with van der Waals surface area (Å²) >= 11 is 0. The summed E-state index contributed by atoms with van der Waals surface area (Å²) in [5, 5.41) is 0. The van der Waals surface area contributed by atoms with Crippen LogP contribution in [-0.4, -0.2) is 9.52 Å². The van der Waals surface area contributed by atoms with Gasteiger partial charge in [-0.1, -0.05) is 65.0 Å².